The molecule has 4 aromatic carbocycles. The zero-order valence-corrected chi connectivity index (χ0v) is 28.5. The van der Waals surface area contributed by atoms with Crippen LogP contribution in [0.3, 0.4) is 0 Å². The lowest BCUT2D eigenvalue weighted by Crippen LogP contribution is -2.04. The summed E-state index contributed by atoms with van der Waals surface area (Å²) in [5.41, 5.74) is -6.27. The van der Waals surface area contributed by atoms with Gasteiger partial charge in [-0.15, -0.1) is 17.9 Å². The van der Waals surface area contributed by atoms with Gasteiger partial charge in [-0.3, -0.25) is 40.5 Å². The molecule has 0 spiro atoms. The molecule has 4 rings (SSSR count). The van der Waals surface area contributed by atoms with E-state index in [1.54, 1.807) is 0 Å². The Labute approximate surface area is 299 Å². The topological polar surface area (TPSA) is 322 Å². The Morgan fingerprint density at radius 2 is 0.692 bits per heavy atom. The fourth-order valence-electron chi connectivity index (χ4n) is 4.34. The number of nitrogens with zero attached hydrogens (tertiary/aromatic N) is 4. The van der Waals surface area contributed by atoms with Gasteiger partial charge in [-0.2, -0.15) is 0 Å². The van der Waals surface area contributed by atoms with E-state index in [0.29, 0.717) is 0 Å². The molecule has 2 atom stereocenters. The van der Waals surface area contributed by atoms with Crippen LogP contribution in [0.1, 0.15) is 41.4 Å². The SMILES string of the molecule is O=C(O)c1cc(S[SH](c2ccc([N+](=O)[O-])c(C(=O)O)c2)[SH](Sc2ccc([N+](=O)[O-])c(C(=O)O)c2)c2ccc([N+](=O)[O-])c(C(=O)O)c2)ccc1[N+](=O)[O-]. The van der Waals surface area contributed by atoms with Crippen molar-refractivity contribution < 1.29 is 59.3 Å². The van der Waals surface area contributed by atoms with E-state index in [9.17, 15) is 80.1 Å². The predicted octanol–water partition coefficient (Wildman–Crippen LogP) is 6.86. The molecule has 4 aromatic rings. The molecule has 0 saturated heterocycles. The number of nitro benzene ring substituents is 4. The molecule has 0 heterocycles. The monoisotopic (exact) mass is 794 g/mol. The fraction of sp³-hybridized carbons (Fsp3) is 0. The van der Waals surface area contributed by atoms with Gasteiger partial charge in [0.25, 0.3) is 22.7 Å². The number of carboxylic acid groups (broad SMARTS) is 4. The van der Waals surface area contributed by atoms with E-state index in [1.807, 2.05) is 0 Å². The first kappa shape index (κ1) is 38.6. The number of benzene rings is 4. The molecular weight excluding hydrogens is 777 g/mol. The molecule has 0 aromatic heterocycles. The van der Waals surface area contributed by atoms with Crippen LogP contribution in [0.25, 0.3) is 0 Å². The largest absolute Gasteiger partial charge is 0.477 e. The summed E-state index contributed by atoms with van der Waals surface area (Å²) in [7, 11) is -2.73. The first-order valence-electron chi connectivity index (χ1n) is 13.4. The average Bonchev–Trinajstić information content (AvgIpc) is 3.08. The molecule has 270 valence electrons. The van der Waals surface area contributed by atoms with E-state index in [0.717, 1.165) is 70.1 Å². The van der Waals surface area contributed by atoms with Crippen LogP contribution in [0.5, 0.6) is 0 Å². The highest BCUT2D eigenvalue weighted by atomic mass is 33.7. The Bertz CT molecular complexity index is 2080. The van der Waals surface area contributed by atoms with Gasteiger partial charge in [-0.05, 0) is 48.5 Å². The summed E-state index contributed by atoms with van der Waals surface area (Å²) in [5.74, 6) is -6.82. The number of thiol groups is 2. The Hall–Kier alpha value is -6.24. The van der Waals surface area contributed by atoms with Gasteiger partial charge >= 0.3 is 23.9 Å². The zero-order chi connectivity index (χ0) is 38.6. The molecule has 2 unspecified atom stereocenters. The highest BCUT2D eigenvalue weighted by molar-refractivity contribution is 9.37. The lowest BCUT2D eigenvalue weighted by molar-refractivity contribution is -0.385. The molecule has 0 aliphatic carbocycles. The number of rotatable bonds is 15. The number of carboxylic acids is 4. The van der Waals surface area contributed by atoms with Gasteiger partial charge < -0.3 is 20.4 Å². The highest BCUT2D eigenvalue weighted by Gasteiger charge is 2.31. The zero-order valence-electron chi connectivity index (χ0n) is 25.1. The van der Waals surface area contributed by atoms with Crippen molar-refractivity contribution in [3.63, 3.8) is 0 Å². The van der Waals surface area contributed by atoms with Crippen molar-refractivity contribution in [1.82, 2.24) is 0 Å². The van der Waals surface area contributed by atoms with Gasteiger partial charge in [-0.1, -0.05) is 21.6 Å². The van der Waals surface area contributed by atoms with Crippen LogP contribution < -0.4 is 0 Å². The molecule has 20 nitrogen and oxygen atoms in total. The smallest absolute Gasteiger partial charge is 0.342 e. The van der Waals surface area contributed by atoms with Gasteiger partial charge in [0.15, 0.2) is 0 Å². The third kappa shape index (κ3) is 8.37. The predicted molar refractivity (Wildman–Crippen MR) is 186 cm³/mol. The maximum Gasteiger partial charge on any atom is 0.342 e. The molecular formula is C28H18N4O16S4. The van der Waals surface area contributed by atoms with Crippen LogP contribution in [0.15, 0.2) is 92.4 Å². The Morgan fingerprint density at radius 1 is 0.442 bits per heavy atom. The summed E-state index contributed by atoms with van der Waals surface area (Å²) >= 11 is 0. The number of hydrogen-bond donors (Lipinski definition) is 6. The third-order valence-electron chi connectivity index (χ3n) is 6.60. The van der Waals surface area contributed by atoms with E-state index in [2.05, 4.69) is 0 Å². The third-order valence-corrected chi connectivity index (χ3v) is 20.9. The second kappa shape index (κ2) is 15.8. The van der Waals surface area contributed by atoms with Crippen molar-refractivity contribution in [2.45, 2.75) is 19.6 Å². The van der Waals surface area contributed by atoms with E-state index in [-0.39, 0.29) is 19.6 Å². The summed E-state index contributed by atoms with van der Waals surface area (Å²) < 4.78 is 0. The van der Waals surface area contributed by atoms with Crippen molar-refractivity contribution in [1.29, 1.82) is 0 Å². The minimum atomic E-state index is -2.17. The minimum Gasteiger partial charge on any atom is -0.477 e. The molecule has 4 N–H and O–H groups in total. The van der Waals surface area contributed by atoms with E-state index < -0.39 is 106 Å². The lowest BCUT2D eigenvalue weighted by atomic mass is 10.2. The number of aromatic carboxylic acids is 4. The van der Waals surface area contributed by atoms with Crippen LogP contribution in [-0.2, 0) is 0 Å². The van der Waals surface area contributed by atoms with Crippen molar-refractivity contribution in [2.75, 3.05) is 0 Å². The second-order valence-electron chi connectivity index (χ2n) is 9.74. The molecule has 0 amide bonds. The molecule has 0 fully saturated rings. The van der Waals surface area contributed by atoms with E-state index >= 15 is 0 Å². The van der Waals surface area contributed by atoms with Gasteiger partial charge in [0.05, 0.1) is 19.7 Å². The maximum absolute atomic E-state index is 12.1. The van der Waals surface area contributed by atoms with Crippen LogP contribution in [0.4, 0.5) is 22.7 Å². The molecule has 52 heavy (non-hydrogen) atoms. The summed E-state index contributed by atoms with van der Waals surface area (Å²) in [4.78, 5) is 90.9. The molecule has 0 saturated carbocycles. The molecule has 24 heteroatoms. The summed E-state index contributed by atoms with van der Waals surface area (Å²) in [6, 6.07) is 12.0. The maximum atomic E-state index is 12.1. The Morgan fingerprint density at radius 3 is 0.942 bits per heavy atom. The lowest BCUT2D eigenvalue weighted by Gasteiger charge is -2.34. The van der Waals surface area contributed by atoms with Crippen LogP contribution >= 0.6 is 39.5 Å². The first-order chi connectivity index (χ1) is 24.4. The number of hydrogen-bond acceptors (Lipinski definition) is 14. The normalized spacial score (nSPS) is 12.6. The standard InChI is InChI=1S/C28H18N4O16S4/c33-25(34)17-9-13(1-5-21(17)29(41)42)49-51(15-3-7-23(31(45)46)19(11-15)27(37)38)52(16-4-8-24(32(47)48)20(12-16)28(39)40)50-14-2-6-22(30(43)44)18(10-14)26(35)36/h1-12,51-52H,(H,33,34)(H,35,36)(H,37,38)(H,39,40). The second-order valence-corrected chi connectivity index (χ2v) is 20.5. The molecule has 0 bridgehead atoms. The summed E-state index contributed by atoms with van der Waals surface area (Å²) in [6.07, 6.45) is 0. The summed E-state index contributed by atoms with van der Waals surface area (Å²) in [5, 5.41) is 85.4. The van der Waals surface area contributed by atoms with Crippen LogP contribution in [0, 0.1) is 40.5 Å². The number of nitro groups is 4. The van der Waals surface area contributed by atoms with Gasteiger partial charge in [0.2, 0.25) is 0 Å². The Kier molecular flexibility index (Phi) is 11.7. The van der Waals surface area contributed by atoms with Crippen LogP contribution in [0.2, 0.25) is 0 Å². The number of carbonyl (C=O) groups is 4. The van der Waals surface area contributed by atoms with Crippen molar-refractivity contribution in [2.24, 2.45) is 0 Å². The van der Waals surface area contributed by atoms with Gasteiger partial charge in [0.1, 0.15) is 22.3 Å². The quantitative estimate of drug-likeness (QED) is 0.0309. The fourth-order valence-corrected chi connectivity index (χ4v) is 19.2. The average molecular weight is 795 g/mol. The van der Waals surface area contributed by atoms with Gasteiger partial charge in [-0.25, -0.2) is 19.2 Å². The van der Waals surface area contributed by atoms with E-state index in [4.69, 9.17) is 0 Å². The first-order valence-corrected chi connectivity index (χ1v) is 19.7. The Balaban J connectivity index is 2.07. The molecule has 0 aliphatic heterocycles. The van der Waals surface area contributed by atoms with Crippen LogP contribution in [-0.4, -0.2) is 64.0 Å². The highest BCUT2D eigenvalue weighted by Crippen LogP contribution is 2.78. The summed E-state index contributed by atoms with van der Waals surface area (Å²) in [6.45, 7) is 0. The molecule has 0 radical (unpaired) electrons. The van der Waals surface area contributed by atoms with Crippen molar-refractivity contribution >= 4 is 86.1 Å². The minimum absolute atomic E-state index is 0.0349. The van der Waals surface area contributed by atoms with Crippen molar-refractivity contribution in [3.05, 3.63) is 136 Å². The van der Waals surface area contributed by atoms with Gasteiger partial charge in [0, 0.05) is 43.8 Å². The van der Waals surface area contributed by atoms with E-state index in [1.165, 1.54) is 24.3 Å². The van der Waals surface area contributed by atoms with Crippen molar-refractivity contribution in [3.8, 4) is 0 Å². The molecule has 0 aliphatic rings.